The molecule has 0 spiro atoms. The summed E-state index contributed by atoms with van der Waals surface area (Å²) in [5, 5.41) is 5.88. The number of amidine groups is 1. The highest BCUT2D eigenvalue weighted by molar-refractivity contribution is 9.10. The minimum atomic E-state index is 0.565. The quantitative estimate of drug-likeness (QED) is 0.823. The van der Waals surface area contributed by atoms with E-state index in [0.29, 0.717) is 5.25 Å². The van der Waals surface area contributed by atoms with Crippen molar-refractivity contribution in [3.8, 4) is 0 Å². The van der Waals surface area contributed by atoms with Crippen molar-refractivity contribution >= 4 is 54.5 Å². The van der Waals surface area contributed by atoms with Crippen molar-refractivity contribution in [1.82, 2.24) is 0 Å². The smallest absolute Gasteiger partial charge is 0.161 e. The van der Waals surface area contributed by atoms with Gasteiger partial charge in [0, 0.05) is 15.1 Å². The summed E-state index contributed by atoms with van der Waals surface area (Å²) >= 11 is 8.76. The van der Waals surface area contributed by atoms with Gasteiger partial charge >= 0.3 is 0 Å². The molecule has 1 aromatic carbocycles. The molecule has 80 valence electrons. The van der Waals surface area contributed by atoms with E-state index in [0.717, 1.165) is 27.2 Å². The molecule has 0 radical (unpaired) electrons. The summed E-state index contributed by atoms with van der Waals surface area (Å²) in [5.74, 6) is 0. The SMILES string of the molecule is BrC[C@@H]1CN=C(Nc2ccccc2Br)S1. The molecule has 5 heteroatoms. The normalized spacial score (nSPS) is 20.1. The van der Waals surface area contributed by atoms with E-state index in [9.17, 15) is 0 Å². The first-order chi connectivity index (χ1) is 7.29. The second kappa shape index (κ2) is 5.37. The van der Waals surface area contributed by atoms with Gasteiger partial charge in [-0.1, -0.05) is 39.8 Å². The summed E-state index contributed by atoms with van der Waals surface area (Å²) in [7, 11) is 0. The lowest BCUT2D eigenvalue weighted by atomic mass is 10.3. The van der Waals surface area contributed by atoms with Crippen molar-refractivity contribution in [2.75, 3.05) is 17.2 Å². The van der Waals surface area contributed by atoms with E-state index in [1.54, 1.807) is 11.8 Å². The zero-order chi connectivity index (χ0) is 10.7. The van der Waals surface area contributed by atoms with Crippen molar-refractivity contribution in [2.45, 2.75) is 5.25 Å². The Labute approximate surface area is 110 Å². The molecule has 0 amide bonds. The van der Waals surface area contributed by atoms with Crippen LogP contribution < -0.4 is 5.32 Å². The molecular weight excluding hydrogens is 340 g/mol. The van der Waals surface area contributed by atoms with Crippen molar-refractivity contribution in [3.05, 3.63) is 28.7 Å². The maximum absolute atomic E-state index is 4.44. The third kappa shape index (κ3) is 2.98. The van der Waals surface area contributed by atoms with Gasteiger partial charge in [0.25, 0.3) is 0 Å². The molecule has 0 saturated heterocycles. The monoisotopic (exact) mass is 348 g/mol. The van der Waals surface area contributed by atoms with Gasteiger partial charge in [0.1, 0.15) is 0 Å². The Kier molecular flexibility index (Phi) is 4.11. The minimum Gasteiger partial charge on any atom is -0.334 e. The Bertz CT molecular complexity index is 381. The molecule has 0 unspecified atom stereocenters. The summed E-state index contributed by atoms with van der Waals surface area (Å²) in [4.78, 5) is 4.44. The van der Waals surface area contributed by atoms with E-state index in [-0.39, 0.29) is 0 Å². The first-order valence-electron chi connectivity index (χ1n) is 4.58. The number of anilines is 1. The predicted octanol–water partition coefficient (Wildman–Crippen LogP) is 3.73. The molecule has 1 heterocycles. The van der Waals surface area contributed by atoms with E-state index < -0.39 is 0 Å². The maximum Gasteiger partial charge on any atom is 0.161 e. The van der Waals surface area contributed by atoms with Crippen LogP contribution in [0, 0.1) is 0 Å². The number of para-hydroxylation sites is 1. The topological polar surface area (TPSA) is 24.4 Å². The molecule has 0 aromatic heterocycles. The summed E-state index contributed by atoms with van der Waals surface area (Å²) in [6.45, 7) is 0.892. The van der Waals surface area contributed by atoms with E-state index >= 15 is 0 Å². The molecule has 0 aliphatic carbocycles. The van der Waals surface area contributed by atoms with Crippen LogP contribution >= 0.6 is 43.6 Å². The van der Waals surface area contributed by atoms with Crippen LogP contribution in [0.2, 0.25) is 0 Å². The van der Waals surface area contributed by atoms with E-state index in [4.69, 9.17) is 0 Å². The third-order valence-electron chi connectivity index (χ3n) is 2.00. The van der Waals surface area contributed by atoms with Gasteiger partial charge in [-0.25, -0.2) is 0 Å². The summed E-state index contributed by atoms with van der Waals surface area (Å²) in [6, 6.07) is 8.06. The number of halogens is 2. The zero-order valence-corrected chi connectivity index (χ0v) is 11.9. The van der Waals surface area contributed by atoms with Gasteiger partial charge in [-0.05, 0) is 28.1 Å². The summed E-state index contributed by atoms with van der Waals surface area (Å²) < 4.78 is 1.07. The van der Waals surface area contributed by atoms with E-state index in [1.807, 2.05) is 24.3 Å². The highest BCUT2D eigenvalue weighted by Gasteiger charge is 2.18. The van der Waals surface area contributed by atoms with Gasteiger partial charge in [-0.15, -0.1) is 0 Å². The van der Waals surface area contributed by atoms with Crippen molar-refractivity contribution < 1.29 is 0 Å². The standard InChI is InChI=1S/C10H10Br2N2S/c11-5-7-6-13-10(15-7)14-9-4-2-1-3-8(9)12/h1-4,7H,5-6H2,(H,13,14)/t7-/m1/s1. The molecule has 15 heavy (non-hydrogen) atoms. The van der Waals surface area contributed by atoms with Crippen molar-refractivity contribution in [1.29, 1.82) is 0 Å². The fraction of sp³-hybridized carbons (Fsp3) is 0.300. The van der Waals surface area contributed by atoms with Crippen LogP contribution in [0.25, 0.3) is 0 Å². The molecule has 1 aliphatic heterocycles. The Balaban J connectivity index is 2.02. The van der Waals surface area contributed by atoms with Crippen LogP contribution in [0.1, 0.15) is 0 Å². The lowest BCUT2D eigenvalue weighted by Crippen LogP contribution is -2.08. The van der Waals surface area contributed by atoms with Gasteiger partial charge in [-0.3, -0.25) is 4.99 Å². The van der Waals surface area contributed by atoms with Crippen LogP contribution in [-0.2, 0) is 0 Å². The molecule has 1 aliphatic rings. The van der Waals surface area contributed by atoms with Crippen LogP contribution in [0.15, 0.2) is 33.7 Å². The number of hydrogen-bond donors (Lipinski definition) is 1. The molecule has 1 aromatic rings. The molecular formula is C10H10Br2N2S. The molecule has 1 atom stereocenters. The molecule has 2 nitrogen and oxygen atoms in total. The van der Waals surface area contributed by atoms with Gasteiger partial charge in [0.2, 0.25) is 0 Å². The van der Waals surface area contributed by atoms with Crippen molar-refractivity contribution in [2.24, 2.45) is 4.99 Å². The fourth-order valence-electron chi connectivity index (χ4n) is 1.24. The van der Waals surface area contributed by atoms with Gasteiger partial charge in [0.05, 0.1) is 12.2 Å². The lowest BCUT2D eigenvalue weighted by Gasteiger charge is -2.08. The third-order valence-corrected chi connectivity index (χ3v) is 5.01. The van der Waals surface area contributed by atoms with Gasteiger partial charge < -0.3 is 5.32 Å². The Morgan fingerprint density at radius 1 is 1.47 bits per heavy atom. The first-order valence-corrected chi connectivity index (χ1v) is 7.37. The van der Waals surface area contributed by atoms with E-state index in [2.05, 4.69) is 42.2 Å². The molecule has 0 bridgehead atoms. The summed E-state index contributed by atoms with van der Waals surface area (Å²) in [5.41, 5.74) is 1.07. The second-order valence-electron chi connectivity index (χ2n) is 3.14. The minimum absolute atomic E-state index is 0.565. The lowest BCUT2D eigenvalue weighted by molar-refractivity contribution is 0.993. The van der Waals surface area contributed by atoms with Crippen LogP contribution in [0.3, 0.4) is 0 Å². The number of aliphatic imine (C=N–C) groups is 1. The Morgan fingerprint density at radius 3 is 2.93 bits per heavy atom. The van der Waals surface area contributed by atoms with Crippen LogP contribution in [-0.4, -0.2) is 22.3 Å². The number of rotatable bonds is 2. The van der Waals surface area contributed by atoms with Gasteiger partial charge in [-0.2, -0.15) is 0 Å². The number of thioether (sulfide) groups is 1. The van der Waals surface area contributed by atoms with Gasteiger partial charge in [0.15, 0.2) is 5.17 Å². The molecule has 0 saturated carbocycles. The Morgan fingerprint density at radius 2 is 2.27 bits per heavy atom. The van der Waals surface area contributed by atoms with Crippen LogP contribution in [0.4, 0.5) is 5.69 Å². The largest absolute Gasteiger partial charge is 0.334 e. The van der Waals surface area contributed by atoms with Crippen LogP contribution in [0.5, 0.6) is 0 Å². The van der Waals surface area contributed by atoms with E-state index in [1.165, 1.54) is 0 Å². The number of alkyl halides is 1. The maximum atomic E-state index is 4.44. The fourth-order valence-corrected chi connectivity index (χ4v) is 3.08. The predicted molar refractivity (Wildman–Crippen MR) is 75.2 cm³/mol. The average Bonchev–Trinajstić information content (AvgIpc) is 2.69. The zero-order valence-electron chi connectivity index (χ0n) is 7.91. The molecule has 2 rings (SSSR count). The molecule has 0 fully saturated rings. The number of hydrogen-bond acceptors (Lipinski definition) is 3. The second-order valence-corrected chi connectivity index (χ2v) is 5.94. The summed E-state index contributed by atoms with van der Waals surface area (Å²) in [6.07, 6.45) is 0. The highest BCUT2D eigenvalue weighted by Crippen LogP contribution is 2.27. The van der Waals surface area contributed by atoms with Crippen molar-refractivity contribution in [3.63, 3.8) is 0 Å². The number of nitrogens with one attached hydrogen (secondary N) is 1. The molecule has 1 N–H and O–H groups in total. The number of nitrogens with zero attached hydrogens (tertiary/aromatic N) is 1. The first kappa shape index (κ1) is 11.5. The highest BCUT2D eigenvalue weighted by atomic mass is 79.9. The number of benzene rings is 1. The Hall–Kier alpha value is -0.000000000000000111. The average molecular weight is 350 g/mol.